The molecule has 0 saturated heterocycles. The molecule has 1 aliphatic heterocycles. The van der Waals surface area contributed by atoms with Crippen LogP contribution in [0.1, 0.15) is 48.9 Å². The summed E-state index contributed by atoms with van der Waals surface area (Å²) in [7, 11) is 0. The minimum atomic E-state index is -0.988. The van der Waals surface area contributed by atoms with Crippen LogP contribution in [0.3, 0.4) is 0 Å². The number of carboxylic acid groups (broad SMARTS) is 1. The number of aromatic nitrogens is 2. The molecule has 0 bridgehead atoms. The Labute approximate surface area is 232 Å². The number of nitrogens with zero attached hydrogens (tertiary/aromatic N) is 4. The molecule has 0 fully saturated rings. The number of rotatable bonds is 8. The van der Waals surface area contributed by atoms with Gasteiger partial charge in [-0.05, 0) is 81.5 Å². The monoisotopic (exact) mass is 498 g/mol. The van der Waals surface area contributed by atoms with Gasteiger partial charge in [-0.2, -0.15) is 5.26 Å². The van der Waals surface area contributed by atoms with Gasteiger partial charge >= 0.3 is 29.6 Å². The van der Waals surface area contributed by atoms with Crippen LogP contribution >= 0.6 is 11.3 Å². The van der Waals surface area contributed by atoms with Gasteiger partial charge in [0.1, 0.15) is 21.8 Å². The van der Waals surface area contributed by atoms with Crippen molar-refractivity contribution in [3.8, 4) is 33.0 Å². The van der Waals surface area contributed by atoms with Crippen molar-refractivity contribution in [2.24, 2.45) is 0 Å². The number of hydrogen-bond donors (Lipinski definition) is 0. The topological polar surface area (TPSA) is 102 Å². The first-order valence-corrected chi connectivity index (χ1v) is 12.3. The molecule has 35 heavy (non-hydrogen) atoms. The Morgan fingerprint density at radius 1 is 1.26 bits per heavy atom. The van der Waals surface area contributed by atoms with Crippen molar-refractivity contribution in [2.75, 3.05) is 13.1 Å². The van der Waals surface area contributed by atoms with Crippen molar-refractivity contribution >= 4 is 17.3 Å². The van der Waals surface area contributed by atoms with Gasteiger partial charge in [-0.25, -0.2) is 0 Å². The molecule has 2 aromatic carbocycles. The summed E-state index contributed by atoms with van der Waals surface area (Å²) in [4.78, 5) is 13.0. The minimum absolute atomic E-state index is 0. The van der Waals surface area contributed by atoms with E-state index in [1.807, 2.05) is 26.0 Å². The number of ether oxygens (including phenoxy) is 1. The van der Waals surface area contributed by atoms with Crippen molar-refractivity contribution in [3.63, 3.8) is 0 Å². The van der Waals surface area contributed by atoms with E-state index in [1.165, 1.54) is 28.0 Å². The van der Waals surface area contributed by atoms with E-state index >= 15 is 0 Å². The Bertz CT molecular complexity index is 1250. The molecule has 4 rings (SSSR count). The van der Waals surface area contributed by atoms with Gasteiger partial charge in [0.05, 0.1) is 11.7 Å². The molecule has 0 aliphatic carbocycles. The van der Waals surface area contributed by atoms with Crippen LogP contribution in [0, 0.1) is 18.3 Å². The largest absolute Gasteiger partial charge is 1.00 e. The van der Waals surface area contributed by atoms with Gasteiger partial charge in [0.2, 0.25) is 0 Å². The van der Waals surface area contributed by atoms with E-state index in [2.05, 4.69) is 40.2 Å². The van der Waals surface area contributed by atoms with Gasteiger partial charge in [-0.1, -0.05) is 23.5 Å². The summed E-state index contributed by atoms with van der Waals surface area (Å²) in [5, 5.41) is 30.7. The fourth-order valence-electron chi connectivity index (χ4n) is 4.32. The molecule has 7 nitrogen and oxygen atoms in total. The molecule has 1 aromatic heterocycles. The number of hydrogen-bond acceptors (Lipinski definition) is 8. The summed E-state index contributed by atoms with van der Waals surface area (Å²) in [6, 6.07) is 12.0. The number of nitriles is 1. The fourth-order valence-corrected chi connectivity index (χ4v) is 5.25. The third-order valence-electron chi connectivity index (χ3n) is 5.99. The van der Waals surface area contributed by atoms with E-state index in [9.17, 15) is 15.2 Å². The van der Waals surface area contributed by atoms with E-state index in [1.54, 1.807) is 6.07 Å². The Balaban J connectivity index is 0.00000342. The second-order valence-corrected chi connectivity index (χ2v) is 9.76. The Kier molecular flexibility index (Phi) is 9.45. The van der Waals surface area contributed by atoms with Crippen LogP contribution < -0.4 is 39.4 Å². The minimum Gasteiger partial charge on any atom is -0.550 e. The first kappa shape index (κ1) is 27.3. The van der Waals surface area contributed by atoms with Gasteiger partial charge < -0.3 is 14.6 Å². The van der Waals surface area contributed by atoms with Gasteiger partial charge in [-0.15, -0.1) is 10.2 Å². The third kappa shape index (κ3) is 6.49. The molecule has 176 valence electrons. The molecule has 0 unspecified atom stereocenters. The number of carboxylic acids is 1. The van der Waals surface area contributed by atoms with E-state index in [0.29, 0.717) is 17.7 Å². The zero-order chi connectivity index (χ0) is 24.2. The van der Waals surface area contributed by atoms with E-state index < -0.39 is 5.97 Å². The Hall–Kier alpha value is -2.28. The average Bonchev–Trinajstić information content (AvgIpc) is 3.29. The molecular formula is C26H27N4NaO3S. The van der Waals surface area contributed by atoms with Gasteiger partial charge in [0.15, 0.2) is 0 Å². The standard InChI is InChI=1S/C26H28N4O3S.Na/c1-16(2)33-23-9-7-18(13-20(23)14-27)25-28-29-26(34-25)22-8-6-19-15-30(11-4-5-24(31)32)12-10-21(19)17(22)3;/h6-9,13,16H,4-5,10-12,15H2,1-3H3,(H,31,32);/q;+1/p-1. The van der Waals surface area contributed by atoms with Crippen LogP contribution in [-0.2, 0) is 17.8 Å². The van der Waals surface area contributed by atoms with Crippen molar-refractivity contribution in [2.45, 2.75) is 52.7 Å². The quantitative estimate of drug-likeness (QED) is 0.422. The maximum atomic E-state index is 10.7. The smallest absolute Gasteiger partial charge is 0.550 e. The zero-order valence-electron chi connectivity index (χ0n) is 20.6. The van der Waals surface area contributed by atoms with Crippen molar-refractivity contribution in [3.05, 3.63) is 52.6 Å². The number of carbonyl (C=O) groups excluding carboxylic acids is 1. The van der Waals surface area contributed by atoms with E-state index in [0.717, 1.165) is 47.2 Å². The molecule has 0 atom stereocenters. The maximum Gasteiger partial charge on any atom is 1.00 e. The first-order chi connectivity index (χ1) is 16.4. The number of aliphatic carboxylic acids is 1. The van der Waals surface area contributed by atoms with Crippen LogP contribution in [0.4, 0.5) is 0 Å². The normalized spacial score (nSPS) is 13.1. The first-order valence-electron chi connectivity index (χ1n) is 11.4. The van der Waals surface area contributed by atoms with Crippen molar-refractivity contribution in [1.82, 2.24) is 15.1 Å². The molecule has 3 aromatic rings. The van der Waals surface area contributed by atoms with Gasteiger partial charge in [0, 0.05) is 30.2 Å². The SMILES string of the molecule is Cc1c(-c2nnc(-c3ccc(OC(C)C)c(C#N)c3)s2)ccc2c1CCN(CCCC(=O)[O-])C2.[Na+]. The van der Waals surface area contributed by atoms with Crippen molar-refractivity contribution in [1.29, 1.82) is 5.26 Å². The van der Waals surface area contributed by atoms with Gasteiger partial charge in [0.25, 0.3) is 0 Å². The van der Waals surface area contributed by atoms with Crippen LogP contribution in [0.5, 0.6) is 5.75 Å². The van der Waals surface area contributed by atoms with E-state index in [-0.39, 0.29) is 42.1 Å². The number of fused-ring (bicyclic) bond motifs is 1. The predicted molar refractivity (Wildman–Crippen MR) is 129 cm³/mol. The van der Waals surface area contributed by atoms with Gasteiger partial charge in [-0.3, -0.25) is 4.90 Å². The second-order valence-electron chi connectivity index (χ2n) is 8.78. The molecule has 9 heteroatoms. The molecular weight excluding hydrogens is 471 g/mol. The summed E-state index contributed by atoms with van der Waals surface area (Å²) in [6.07, 6.45) is 1.63. The van der Waals surface area contributed by atoms with E-state index in [4.69, 9.17) is 4.74 Å². The zero-order valence-corrected chi connectivity index (χ0v) is 23.4. The summed E-state index contributed by atoms with van der Waals surface area (Å²) in [6.45, 7) is 8.50. The summed E-state index contributed by atoms with van der Waals surface area (Å²) >= 11 is 1.51. The summed E-state index contributed by atoms with van der Waals surface area (Å²) in [5.74, 6) is -0.414. The average molecular weight is 499 g/mol. The Morgan fingerprint density at radius 3 is 2.74 bits per heavy atom. The molecule has 2 heterocycles. The third-order valence-corrected chi connectivity index (χ3v) is 6.99. The second kappa shape index (κ2) is 12.1. The predicted octanol–water partition coefficient (Wildman–Crippen LogP) is 0.732. The van der Waals surface area contributed by atoms with Crippen LogP contribution in [0.2, 0.25) is 0 Å². The number of carbonyl (C=O) groups is 1. The Morgan fingerprint density at radius 2 is 2.03 bits per heavy atom. The maximum absolute atomic E-state index is 10.7. The number of benzene rings is 2. The molecule has 1 aliphatic rings. The van der Waals surface area contributed by atoms with Crippen LogP contribution in [-0.4, -0.2) is 40.3 Å². The van der Waals surface area contributed by atoms with Crippen molar-refractivity contribution < 1.29 is 44.2 Å². The fraction of sp³-hybridized carbons (Fsp3) is 0.385. The molecule has 0 N–H and O–H groups in total. The molecule has 0 spiro atoms. The molecule has 0 amide bonds. The molecule has 0 saturated carbocycles. The molecule has 0 radical (unpaired) electrons. The summed E-state index contributed by atoms with van der Waals surface area (Å²) < 4.78 is 5.72. The van der Waals surface area contributed by atoms with Crippen LogP contribution in [0.25, 0.3) is 21.1 Å². The summed E-state index contributed by atoms with van der Waals surface area (Å²) in [5.41, 5.74) is 6.25. The van der Waals surface area contributed by atoms with Crippen LogP contribution in [0.15, 0.2) is 30.3 Å².